The largest absolute Gasteiger partial charge is 0.431 e. The van der Waals surface area contributed by atoms with Crippen LogP contribution in [0, 0.1) is 0 Å². The Balaban J connectivity index is 1.79. The topological polar surface area (TPSA) is 51.2 Å². The highest BCUT2D eigenvalue weighted by Gasteiger charge is 2.46. The van der Waals surface area contributed by atoms with Crippen LogP contribution in [0.1, 0.15) is 27.0 Å². The molecule has 4 rings (SSSR count). The molecule has 0 amide bonds. The molecule has 1 aliphatic heterocycles. The molecule has 5 heteroatoms. The van der Waals surface area contributed by atoms with Crippen LogP contribution in [0.2, 0.25) is 5.02 Å². The van der Waals surface area contributed by atoms with Gasteiger partial charge in [-0.1, -0.05) is 48.0 Å². The van der Waals surface area contributed by atoms with Crippen LogP contribution in [0.5, 0.6) is 0 Å². The maximum absolute atomic E-state index is 12.4. The van der Waals surface area contributed by atoms with E-state index in [1.165, 1.54) is 0 Å². The fraction of sp³-hybridized carbons (Fsp3) is 0.100. The van der Waals surface area contributed by atoms with Gasteiger partial charge in [0.25, 0.3) is 0 Å². The molecule has 124 valence electrons. The van der Waals surface area contributed by atoms with Gasteiger partial charge < -0.3 is 4.74 Å². The van der Waals surface area contributed by atoms with Crippen LogP contribution >= 0.6 is 11.6 Å². The molecular weight excluding hydrogens is 336 g/mol. The molecule has 0 aliphatic carbocycles. The van der Waals surface area contributed by atoms with Crippen LogP contribution in [-0.2, 0) is 17.0 Å². The Hall–Kier alpha value is -2.69. The van der Waals surface area contributed by atoms with E-state index in [9.17, 15) is 4.79 Å². The first-order chi connectivity index (χ1) is 12.2. The molecule has 0 unspecified atom stereocenters. The molecule has 2 heterocycles. The lowest BCUT2D eigenvalue weighted by atomic mass is 9.92. The van der Waals surface area contributed by atoms with Crippen molar-refractivity contribution < 1.29 is 9.53 Å². The molecule has 1 aromatic heterocycles. The van der Waals surface area contributed by atoms with Gasteiger partial charge in [-0.05, 0) is 29.8 Å². The van der Waals surface area contributed by atoms with E-state index in [0.717, 1.165) is 16.7 Å². The zero-order valence-corrected chi connectivity index (χ0v) is 14.0. The summed E-state index contributed by atoms with van der Waals surface area (Å²) in [5.74, 6) is -0.343. The Bertz CT molecular complexity index is 912. The van der Waals surface area contributed by atoms with Gasteiger partial charge in [-0.25, -0.2) is 4.79 Å². The van der Waals surface area contributed by atoms with E-state index in [2.05, 4.69) is 10.3 Å². The summed E-state index contributed by atoms with van der Waals surface area (Å²) in [5, 5.41) is 4.04. The summed E-state index contributed by atoms with van der Waals surface area (Å²) in [6, 6.07) is 18.6. The van der Waals surface area contributed by atoms with E-state index in [-0.39, 0.29) is 5.97 Å². The molecule has 4 nitrogen and oxygen atoms in total. The Kier molecular flexibility index (Phi) is 3.99. The van der Waals surface area contributed by atoms with E-state index in [4.69, 9.17) is 16.3 Å². The first-order valence-corrected chi connectivity index (χ1v) is 8.30. The quantitative estimate of drug-likeness (QED) is 0.725. The van der Waals surface area contributed by atoms with Crippen molar-refractivity contribution in [3.63, 3.8) is 0 Å². The lowest BCUT2D eigenvalue weighted by Crippen LogP contribution is -2.43. The first kappa shape index (κ1) is 15.8. The third kappa shape index (κ3) is 2.80. The number of ether oxygens (including phenoxy) is 1. The van der Waals surface area contributed by atoms with Gasteiger partial charge in [0.2, 0.25) is 5.72 Å². The molecule has 0 saturated carbocycles. The molecule has 1 aliphatic rings. The Labute approximate surface area is 150 Å². The van der Waals surface area contributed by atoms with Crippen molar-refractivity contribution in [3.05, 3.63) is 100 Å². The summed E-state index contributed by atoms with van der Waals surface area (Å²) in [4.78, 5) is 16.6. The maximum atomic E-state index is 12.4. The van der Waals surface area contributed by atoms with Crippen molar-refractivity contribution in [1.82, 2.24) is 10.3 Å². The lowest BCUT2D eigenvalue weighted by molar-refractivity contribution is -0.00585. The van der Waals surface area contributed by atoms with Crippen molar-refractivity contribution >= 4 is 17.6 Å². The predicted molar refractivity (Wildman–Crippen MR) is 95.2 cm³/mol. The number of hydrogen-bond acceptors (Lipinski definition) is 4. The highest BCUT2D eigenvalue weighted by atomic mass is 35.5. The van der Waals surface area contributed by atoms with Crippen LogP contribution in [-0.4, -0.2) is 11.0 Å². The second kappa shape index (κ2) is 6.31. The fourth-order valence-corrected chi connectivity index (χ4v) is 3.20. The van der Waals surface area contributed by atoms with E-state index < -0.39 is 5.72 Å². The van der Waals surface area contributed by atoms with Crippen LogP contribution in [0.25, 0.3) is 0 Å². The third-order valence-electron chi connectivity index (χ3n) is 4.29. The van der Waals surface area contributed by atoms with Crippen molar-refractivity contribution in [1.29, 1.82) is 0 Å². The molecule has 0 fully saturated rings. The molecule has 25 heavy (non-hydrogen) atoms. The lowest BCUT2D eigenvalue weighted by Gasteiger charge is -2.30. The van der Waals surface area contributed by atoms with Crippen molar-refractivity contribution in [3.8, 4) is 0 Å². The summed E-state index contributed by atoms with van der Waals surface area (Å²) < 4.78 is 5.85. The van der Waals surface area contributed by atoms with E-state index >= 15 is 0 Å². The minimum Gasteiger partial charge on any atom is -0.431 e. The molecule has 1 atom stereocenters. The number of rotatable bonds is 4. The number of esters is 1. The standard InChI is InChI=1S/C20H15ClN2O2/c21-16-9-7-15(8-10-16)20(23-13-14-4-3-11-22-12-14)18-6-2-1-5-17(18)19(24)25-20/h1-12,23H,13H2/t20-/m1/s1. The number of nitrogens with zero attached hydrogens (tertiary/aromatic N) is 1. The number of hydrogen-bond donors (Lipinski definition) is 1. The number of nitrogens with one attached hydrogen (secondary N) is 1. The molecule has 3 aromatic rings. The van der Waals surface area contributed by atoms with Crippen molar-refractivity contribution in [2.75, 3.05) is 0 Å². The van der Waals surface area contributed by atoms with Crippen LogP contribution in [0.15, 0.2) is 73.1 Å². The first-order valence-electron chi connectivity index (χ1n) is 7.92. The molecule has 2 aromatic carbocycles. The average molecular weight is 351 g/mol. The maximum Gasteiger partial charge on any atom is 0.340 e. The normalized spacial score (nSPS) is 18.7. The van der Waals surface area contributed by atoms with Gasteiger partial charge in [-0.3, -0.25) is 10.3 Å². The SMILES string of the molecule is O=C1O[C@](NCc2cccnc2)(c2ccc(Cl)cc2)c2ccccc21. The van der Waals surface area contributed by atoms with E-state index in [0.29, 0.717) is 17.1 Å². The minimum atomic E-state index is -1.05. The van der Waals surface area contributed by atoms with Gasteiger partial charge in [-0.15, -0.1) is 0 Å². The summed E-state index contributed by atoms with van der Waals surface area (Å²) in [6.07, 6.45) is 3.51. The van der Waals surface area contributed by atoms with E-state index in [1.807, 2.05) is 42.5 Å². The Morgan fingerprint density at radius 2 is 1.84 bits per heavy atom. The van der Waals surface area contributed by atoms with Crippen molar-refractivity contribution in [2.45, 2.75) is 12.3 Å². The molecular formula is C20H15ClN2O2. The zero-order valence-electron chi connectivity index (χ0n) is 13.3. The molecule has 1 N–H and O–H groups in total. The van der Waals surface area contributed by atoms with Gasteiger partial charge in [0.15, 0.2) is 0 Å². The highest BCUT2D eigenvalue weighted by Crippen LogP contribution is 2.40. The van der Waals surface area contributed by atoms with Crippen LogP contribution in [0.3, 0.4) is 0 Å². The Morgan fingerprint density at radius 1 is 1.04 bits per heavy atom. The Morgan fingerprint density at radius 3 is 2.60 bits per heavy atom. The van der Waals surface area contributed by atoms with Gasteiger partial charge in [0.1, 0.15) is 0 Å². The van der Waals surface area contributed by atoms with Crippen LogP contribution in [0.4, 0.5) is 0 Å². The summed E-state index contributed by atoms with van der Waals surface area (Å²) in [7, 11) is 0. The van der Waals surface area contributed by atoms with Gasteiger partial charge >= 0.3 is 5.97 Å². The number of carbonyl (C=O) groups excluding carboxylic acids is 1. The second-order valence-electron chi connectivity index (χ2n) is 5.84. The van der Waals surface area contributed by atoms with Gasteiger partial charge in [-0.2, -0.15) is 0 Å². The summed E-state index contributed by atoms with van der Waals surface area (Å²) in [5.41, 5.74) is 2.13. The van der Waals surface area contributed by atoms with Crippen molar-refractivity contribution in [2.24, 2.45) is 0 Å². The highest BCUT2D eigenvalue weighted by molar-refractivity contribution is 6.30. The number of cyclic esters (lactones) is 1. The number of benzene rings is 2. The third-order valence-corrected chi connectivity index (χ3v) is 4.54. The monoisotopic (exact) mass is 350 g/mol. The average Bonchev–Trinajstić information content (AvgIpc) is 2.95. The van der Waals surface area contributed by atoms with E-state index in [1.54, 1.807) is 30.6 Å². The molecule has 0 radical (unpaired) electrons. The number of halogens is 1. The second-order valence-corrected chi connectivity index (χ2v) is 6.27. The fourth-order valence-electron chi connectivity index (χ4n) is 3.08. The summed E-state index contributed by atoms with van der Waals surface area (Å²) in [6.45, 7) is 0.498. The number of fused-ring (bicyclic) bond motifs is 1. The number of carbonyl (C=O) groups is 1. The minimum absolute atomic E-state index is 0.343. The summed E-state index contributed by atoms with van der Waals surface area (Å²) >= 11 is 6.03. The van der Waals surface area contributed by atoms with Crippen LogP contribution < -0.4 is 5.32 Å². The number of aromatic nitrogens is 1. The van der Waals surface area contributed by atoms with Gasteiger partial charge in [0, 0.05) is 35.1 Å². The smallest absolute Gasteiger partial charge is 0.340 e. The number of pyridine rings is 1. The zero-order chi connectivity index (χ0) is 17.3. The molecule has 0 saturated heterocycles. The molecule has 0 bridgehead atoms. The van der Waals surface area contributed by atoms with Gasteiger partial charge in [0.05, 0.1) is 5.56 Å². The molecule has 0 spiro atoms. The predicted octanol–water partition coefficient (Wildman–Crippen LogP) is 3.90.